The van der Waals surface area contributed by atoms with E-state index in [1.807, 2.05) is 30.3 Å². The van der Waals surface area contributed by atoms with Crippen molar-refractivity contribution in [3.8, 4) is 5.75 Å². The fourth-order valence-electron chi connectivity index (χ4n) is 2.62. The Labute approximate surface area is 130 Å². The second-order valence-electron chi connectivity index (χ2n) is 5.29. The van der Waals surface area contributed by atoms with Gasteiger partial charge in [0.15, 0.2) is 0 Å². The first-order chi connectivity index (χ1) is 10.8. The van der Waals surface area contributed by atoms with Gasteiger partial charge in [0.05, 0.1) is 17.6 Å². The number of benzene rings is 2. The van der Waals surface area contributed by atoms with E-state index in [4.69, 9.17) is 10.5 Å². The lowest BCUT2D eigenvalue weighted by Crippen LogP contribution is -2.07. The van der Waals surface area contributed by atoms with Crippen LogP contribution < -0.4 is 10.5 Å². The monoisotopic (exact) mass is 295 g/mol. The molecule has 0 fully saturated rings. The van der Waals surface area contributed by atoms with Crippen molar-refractivity contribution >= 4 is 16.7 Å². The third kappa shape index (κ3) is 3.06. The Balaban J connectivity index is 1.63. The van der Waals surface area contributed by atoms with E-state index in [1.54, 1.807) is 0 Å². The molecule has 0 atom stereocenters. The highest BCUT2D eigenvalue weighted by atomic mass is 16.5. The summed E-state index contributed by atoms with van der Waals surface area (Å²) >= 11 is 0. The molecule has 0 spiro atoms. The summed E-state index contributed by atoms with van der Waals surface area (Å²) in [5.41, 5.74) is 8.69. The van der Waals surface area contributed by atoms with E-state index in [0.717, 1.165) is 42.2 Å². The molecule has 1 aromatic heterocycles. The van der Waals surface area contributed by atoms with E-state index < -0.39 is 0 Å². The Morgan fingerprint density at radius 2 is 1.86 bits per heavy atom. The molecule has 4 nitrogen and oxygen atoms in total. The van der Waals surface area contributed by atoms with Crippen LogP contribution in [-0.2, 0) is 13.0 Å². The molecule has 4 heteroatoms. The van der Waals surface area contributed by atoms with E-state index in [1.165, 1.54) is 5.52 Å². The zero-order valence-corrected chi connectivity index (χ0v) is 12.8. The SMILES string of the molecule is CCc1nc2ccccc2n1CCCOc1ccc(N)cc1. The van der Waals surface area contributed by atoms with Crippen molar-refractivity contribution in [3.63, 3.8) is 0 Å². The number of aryl methyl sites for hydroxylation is 2. The Hall–Kier alpha value is -2.49. The second kappa shape index (κ2) is 6.52. The summed E-state index contributed by atoms with van der Waals surface area (Å²) in [6.07, 6.45) is 1.88. The molecular formula is C18H21N3O. The van der Waals surface area contributed by atoms with Gasteiger partial charge in [0.2, 0.25) is 0 Å². The Kier molecular flexibility index (Phi) is 4.28. The molecule has 0 unspecified atom stereocenters. The van der Waals surface area contributed by atoms with E-state index >= 15 is 0 Å². The lowest BCUT2D eigenvalue weighted by atomic mass is 10.3. The van der Waals surface area contributed by atoms with E-state index in [9.17, 15) is 0 Å². The van der Waals surface area contributed by atoms with Crippen LogP contribution in [0.25, 0.3) is 11.0 Å². The lowest BCUT2D eigenvalue weighted by Gasteiger charge is -2.09. The number of para-hydroxylation sites is 2. The van der Waals surface area contributed by atoms with E-state index in [0.29, 0.717) is 6.61 Å². The highest BCUT2D eigenvalue weighted by Gasteiger charge is 2.08. The summed E-state index contributed by atoms with van der Waals surface area (Å²) in [5.74, 6) is 1.99. The van der Waals surface area contributed by atoms with Gasteiger partial charge in [0, 0.05) is 18.7 Å². The smallest absolute Gasteiger partial charge is 0.119 e. The van der Waals surface area contributed by atoms with Crippen molar-refractivity contribution in [1.29, 1.82) is 0 Å². The van der Waals surface area contributed by atoms with Gasteiger partial charge in [-0.25, -0.2) is 4.98 Å². The molecule has 1 heterocycles. The van der Waals surface area contributed by atoms with Crippen LogP contribution in [0, 0.1) is 0 Å². The van der Waals surface area contributed by atoms with E-state index in [-0.39, 0.29) is 0 Å². The highest BCUT2D eigenvalue weighted by molar-refractivity contribution is 5.75. The molecule has 0 aliphatic carbocycles. The molecule has 3 aromatic rings. The molecule has 2 N–H and O–H groups in total. The summed E-state index contributed by atoms with van der Waals surface area (Å²) in [6.45, 7) is 3.74. The van der Waals surface area contributed by atoms with Crippen LogP contribution >= 0.6 is 0 Å². The normalized spacial score (nSPS) is 11.0. The van der Waals surface area contributed by atoms with Gasteiger partial charge in [0.25, 0.3) is 0 Å². The average Bonchev–Trinajstić information content (AvgIpc) is 2.91. The van der Waals surface area contributed by atoms with Crippen LogP contribution in [0.2, 0.25) is 0 Å². The molecular weight excluding hydrogens is 274 g/mol. The number of nitrogens with zero attached hydrogens (tertiary/aromatic N) is 2. The fourth-order valence-corrected chi connectivity index (χ4v) is 2.62. The minimum Gasteiger partial charge on any atom is -0.494 e. The van der Waals surface area contributed by atoms with Crippen molar-refractivity contribution in [2.45, 2.75) is 26.3 Å². The molecule has 0 amide bonds. The first-order valence-electron chi connectivity index (χ1n) is 7.70. The number of nitrogens with two attached hydrogens (primary N) is 1. The molecule has 0 saturated carbocycles. The Morgan fingerprint density at radius 3 is 2.64 bits per heavy atom. The number of fused-ring (bicyclic) bond motifs is 1. The summed E-state index contributed by atoms with van der Waals surface area (Å²) in [5, 5.41) is 0. The summed E-state index contributed by atoms with van der Waals surface area (Å²) in [4.78, 5) is 4.69. The van der Waals surface area contributed by atoms with Crippen molar-refractivity contribution < 1.29 is 4.74 Å². The molecule has 0 aliphatic rings. The maximum Gasteiger partial charge on any atom is 0.119 e. The number of aromatic nitrogens is 2. The third-order valence-electron chi connectivity index (χ3n) is 3.72. The van der Waals surface area contributed by atoms with Gasteiger partial charge >= 0.3 is 0 Å². The zero-order valence-electron chi connectivity index (χ0n) is 12.8. The quantitative estimate of drug-likeness (QED) is 0.558. The first kappa shape index (κ1) is 14.4. The fraction of sp³-hybridized carbons (Fsp3) is 0.278. The van der Waals surface area contributed by atoms with Crippen LogP contribution in [-0.4, -0.2) is 16.2 Å². The van der Waals surface area contributed by atoms with Crippen LogP contribution in [0.15, 0.2) is 48.5 Å². The average molecular weight is 295 g/mol. The predicted molar refractivity (Wildman–Crippen MR) is 90.1 cm³/mol. The Morgan fingerprint density at radius 1 is 1.09 bits per heavy atom. The number of rotatable bonds is 6. The van der Waals surface area contributed by atoms with Gasteiger partial charge in [-0.3, -0.25) is 0 Å². The number of nitrogen functional groups attached to an aromatic ring is 1. The lowest BCUT2D eigenvalue weighted by molar-refractivity contribution is 0.302. The number of ether oxygens (including phenoxy) is 1. The minimum atomic E-state index is 0.680. The number of imidazole rings is 1. The van der Waals surface area contributed by atoms with Crippen molar-refractivity contribution in [2.75, 3.05) is 12.3 Å². The summed E-state index contributed by atoms with van der Waals surface area (Å²) in [6, 6.07) is 15.8. The van der Waals surface area contributed by atoms with Crippen molar-refractivity contribution in [1.82, 2.24) is 9.55 Å². The summed E-state index contributed by atoms with van der Waals surface area (Å²) in [7, 11) is 0. The van der Waals surface area contributed by atoms with Gasteiger partial charge in [-0.1, -0.05) is 19.1 Å². The van der Waals surface area contributed by atoms with Crippen LogP contribution in [0.4, 0.5) is 5.69 Å². The number of hydrogen-bond donors (Lipinski definition) is 1. The van der Waals surface area contributed by atoms with Crippen molar-refractivity contribution in [3.05, 3.63) is 54.4 Å². The van der Waals surface area contributed by atoms with Gasteiger partial charge in [-0.2, -0.15) is 0 Å². The van der Waals surface area contributed by atoms with Gasteiger partial charge in [-0.15, -0.1) is 0 Å². The van der Waals surface area contributed by atoms with Gasteiger partial charge < -0.3 is 15.0 Å². The van der Waals surface area contributed by atoms with Crippen LogP contribution in [0.1, 0.15) is 19.2 Å². The molecule has 3 rings (SSSR count). The summed E-state index contributed by atoms with van der Waals surface area (Å²) < 4.78 is 8.05. The van der Waals surface area contributed by atoms with Crippen molar-refractivity contribution in [2.24, 2.45) is 0 Å². The van der Waals surface area contributed by atoms with E-state index in [2.05, 4.69) is 34.7 Å². The molecule has 0 saturated heterocycles. The molecule has 0 bridgehead atoms. The molecule has 2 aromatic carbocycles. The zero-order chi connectivity index (χ0) is 15.4. The van der Waals surface area contributed by atoms with Crippen LogP contribution in [0.3, 0.4) is 0 Å². The Bertz CT molecular complexity index is 747. The highest BCUT2D eigenvalue weighted by Crippen LogP contribution is 2.17. The number of anilines is 1. The molecule has 22 heavy (non-hydrogen) atoms. The van der Waals surface area contributed by atoms with Crippen LogP contribution in [0.5, 0.6) is 5.75 Å². The topological polar surface area (TPSA) is 53.1 Å². The molecule has 114 valence electrons. The minimum absolute atomic E-state index is 0.680. The molecule has 0 aliphatic heterocycles. The third-order valence-corrected chi connectivity index (χ3v) is 3.72. The maximum absolute atomic E-state index is 5.76. The largest absolute Gasteiger partial charge is 0.494 e. The maximum atomic E-state index is 5.76. The molecule has 0 radical (unpaired) electrons. The standard InChI is InChI=1S/C18H21N3O/c1-2-18-20-16-6-3-4-7-17(16)21(18)12-5-13-22-15-10-8-14(19)9-11-15/h3-4,6-11H,2,5,12-13,19H2,1H3. The second-order valence-corrected chi connectivity index (χ2v) is 5.29. The number of hydrogen-bond acceptors (Lipinski definition) is 3. The first-order valence-corrected chi connectivity index (χ1v) is 7.70. The van der Waals surface area contributed by atoms with Gasteiger partial charge in [0.1, 0.15) is 11.6 Å². The predicted octanol–water partition coefficient (Wildman–Crippen LogP) is 3.65. The van der Waals surface area contributed by atoms with Gasteiger partial charge in [-0.05, 0) is 42.8 Å².